The molecule has 0 bridgehead atoms. The van der Waals surface area contributed by atoms with E-state index in [1.54, 1.807) is 20.8 Å². The lowest BCUT2D eigenvalue weighted by atomic mass is 10.0. The Kier molecular flexibility index (Phi) is 8.83. The molecule has 1 rings (SSSR count). The third kappa shape index (κ3) is 8.81. The fourth-order valence-corrected chi connectivity index (χ4v) is 2.29. The van der Waals surface area contributed by atoms with E-state index in [4.69, 9.17) is 9.47 Å². The van der Waals surface area contributed by atoms with Gasteiger partial charge in [-0.1, -0.05) is 18.2 Å². The molecule has 1 aromatic rings. The molecular formula is C20H27F3N2O5. The zero-order chi connectivity index (χ0) is 23.1. The van der Waals surface area contributed by atoms with Crippen molar-refractivity contribution < 1.29 is 37.0 Å². The molecular weight excluding hydrogens is 405 g/mol. The Hall–Kier alpha value is -2.62. The molecule has 0 aromatic heterocycles. The van der Waals surface area contributed by atoms with Gasteiger partial charge in [-0.3, -0.25) is 0 Å². The highest BCUT2D eigenvalue weighted by Crippen LogP contribution is 2.29. The van der Waals surface area contributed by atoms with Crippen LogP contribution in [0.4, 0.5) is 18.0 Å². The molecule has 0 heterocycles. The van der Waals surface area contributed by atoms with Crippen molar-refractivity contribution in [1.82, 2.24) is 10.6 Å². The molecule has 0 unspecified atom stereocenters. The molecule has 168 valence electrons. The maximum atomic E-state index is 12.9. The summed E-state index contributed by atoms with van der Waals surface area (Å²) in [6, 6.07) is 2.57. The minimum atomic E-state index is -4.50. The Labute approximate surface area is 173 Å². The molecule has 0 saturated heterocycles. The molecule has 2 N–H and O–H groups in total. The fraction of sp³-hybridized carbons (Fsp3) is 0.550. The summed E-state index contributed by atoms with van der Waals surface area (Å²) >= 11 is 0. The zero-order valence-electron chi connectivity index (χ0n) is 17.6. The summed E-state index contributed by atoms with van der Waals surface area (Å²) in [5, 5.41) is 4.93. The largest absolute Gasteiger partial charge is 0.444 e. The molecule has 1 amide bonds. The number of rotatable bonds is 7. The Morgan fingerprint density at radius 3 is 2.27 bits per heavy atom. The average Bonchev–Trinajstić information content (AvgIpc) is 2.62. The van der Waals surface area contributed by atoms with E-state index in [1.807, 2.05) is 0 Å². The first-order valence-corrected chi connectivity index (χ1v) is 9.31. The van der Waals surface area contributed by atoms with Gasteiger partial charge >= 0.3 is 24.2 Å². The van der Waals surface area contributed by atoms with Gasteiger partial charge in [0.1, 0.15) is 17.7 Å². The van der Waals surface area contributed by atoms with Crippen LogP contribution in [0.2, 0.25) is 0 Å². The van der Waals surface area contributed by atoms with Crippen LogP contribution in [0.5, 0.6) is 0 Å². The van der Waals surface area contributed by atoms with Gasteiger partial charge in [-0.25, -0.2) is 14.4 Å². The van der Waals surface area contributed by atoms with Crippen molar-refractivity contribution in [3.8, 4) is 0 Å². The van der Waals surface area contributed by atoms with Crippen molar-refractivity contribution >= 4 is 18.0 Å². The summed E-state index contributed by atoms with van der Waals surface area (Å²) < 4.78 is 48.5. The lowest BCUT2D eigenvalue weighted by Crippen LogP contribution is -2.46. The number of hydrogen-bond acceptors (Lipinski definition) is 6. The highest BCUT2D eigenvalue weighted by Gasteiger charge is 2.31. The molecule has 7 nitrogen and oxygen atoms in total. The zero-order valence-corrected chi connectivity index (χ0v) is 17.6. The van der Waals surface area contributed by atoms with E-state index >= 15 is 0 Å². The number of carbonyl (C=O) groups excluding carboxylic acids is 3. The van der Waals surface area contributed by atoms with Gasteiger partial charge in [0, 0.05) is 0 Å². The summed E-state index contributed by atoms with van der Waals surface area (Å²) in [5.74, 6) is -1.88. The van der Waals surface area contributed by atoms with Gasteiger partial charge in [-0.2, -0.15) is 13.2 Å². The topological polar surface area (TPSA) is 93.7 Å². The van der Waals surface area contributed by atoms with Crippen molar-refractivity contribution in [2.45, 2.75) is 64.4 Å². The molecule has 0 aliphatic rings. The van der Waals surface area contributed by atoms with Crippen molar-refractivity contribution in [1.29, 1.82) is 0 Å². The minimum Gasteiger partial charge on any atom is -0.444 e. The monoisotopic (exact) mass is 432 g/mol. The van der Waals surface area contributed by atoms with E-state index in [0.717, 1.165) is 12.1 Å². The lowest BCUT2D eigenvalue weighted by molar-refractivity contribution is -0.162. The van der Waals surface area contributed by atoms with Crippen LogP contribution in [0.15, 0.2) is 24.3 Å². The second kappa shape index (κ2) is 10.4. The number of nitrogens with one attached hydrogen (secondary N) is 2. The average molecular weight is 432 g/mol. The standard InChI is InChI=1S/C20H27F3N2O5/c1-12(24-5)16(26)29-17(27)15(25-18(28)30-19(2,3)4)10-9-13-7-6-8-14(11-13)20(21,22)23/h6-8,11-12,15,24H,9-10H2,1-5H3,(H,25,28)/t12-,15+/m0/s1. The summed E-state index contributed by atoms with van der Waals surface area (Å²) in [6.07, 6.45) is -5.49. The Morgan fingerprint density at radius 2 is 1.73 bits per heavy atom. The van der Waals surface area contributed by atoms with Crippen molar-refractivity contribution in [3.63, 3.8) is 0 Å². The first-order chi connectivity index (χ1) is 13.7. The van der Waals surface area contributed by atoms with Gasteiger partial charge in [-0.05, 0) is 59.2 Å². The number of halogens is 3. The van der Waals surface area contributed by atoms with Crippen LogP contribution in [0.1, 0.15) is 45.2 Å². The molecule has 0 aliphatic carbocycles. The third-order valence-electron chi connectivity index (χ3n) is 3.94. The number of aryl methyl sites for hydroxylation is 1. The predicted octanol–water partition coefficient (Wildman–Crippen LogP) is 3.21. The van der Waals surface area contributed by atoms with Gasteiger partial charge in [-0.15, -0.1) is 0 Å². The number of ether oxygens (including phenoxy) is 2. The number of benzene rings is 1. The number of hydrogen-bond donors (Lipinski definition) is 2. The fourth-order valence-electron chi connectivity index (χ4n) is 2.29. The number of amides is 1. The van der Waals surface area contributed by atoms with E-state index < -0.39 is 47.5 Å². The van der Waals surface area contributed by atoms with Crippen molar-refractivity contribution in [3.05, 3.63) is 35.4 Å². The number of alkyl halides is 3. The predicted molar refractivity (Wildman–Crippen MR) is 103 cm³/mol. The van der Waals surface area contributed by atoms with Gasteiger partial charge in [0.15, 0.2) is 0 Å². The maximum Gasteiger partial charge on any atom is 0.416 e. The molecule has 0 spiro atoms. The van der Waals surface area contributed by atoms with Crippen LogP contribution in [0.25, 0.3) is 0 Å². The molecule has 0 fully saturated rings. The quantitative estimate of drug-likeness (QED) is 0.508. The van der Waals surface area contributed by atoms with Crippen LogP contribution in [0, 0.1) is 0 Å². The first kappa shape index (κ1) is 25.4. The Balaban J connectivity index is 2.93. The van der Waals surface area contributed by atoms with E-state index in [1.165, 1.54) is 26.1 Å². The molecule has 1 aromatic carbocycles. The summed E-state index contributed by atoms with van der Waals surface area (Å²) in [6.45, 7) is 6.36. The van der Waals surface area contributed by atoms with Gasteiger partial charge in [0.25, 0.3) is 0 Å². The SMILES string of the molecule is CN[C@@H](C)C(=O)OC(=O)[C@@H](CCc1cccc(C(F)(F)F)c1)NC(=O)OC(C)(C)C. The van der Waals surface area contributed by atoms with Gasteiger partial charge < -0.3 is 20.1 Å². The van der Waals surface area contributed by atoms with Crippen LogP contribution < -0.4 is 10.6 Å². The molecule has 2 atom stereocenters. The summed E-state index contributed by atoms with van der Waals surface area (Å²) in [7, 11) is 1.50. The third-order valence-corrected chi connectivity index (χ3v) is 3.94. The van der Waals surface area contributed by atoms with E-state index in [0.29, 0.717) is 5.56 Å². The van der Waals surface area contributed by atoms with Gasteiger partial charge in [0.2, 0.25) is 0 Å². The highest BCUT2D eigenvalue weighted by molar-refractivity contribution is 5.92. The van der Waals surface area contributed by atoms with E-state index in [9.17, 15) is 27.6 Å². The first-order valence-electron chi connectivity index (χ1n) is 9.31. The number of likely N-dealkylation sites (N-methyl/N-ethyl adjacent to an activating group) is 1. The number of esters is 2. The molecule has 0 radical (unpaired) electrons. The van der Waals surface area contributed by atoms with Gasteiger partial charge in [0.05, 0.1) is 5.56 Å². The minimum absolute atomic E-state index is 0.0231. The normalized spacial score (nSPS) is 13.9. The van der Waals surface area contributed by atoms with Crippen LogP contribution in [0.3, 0.4) is 0 Å². The number of carbonyl (C=O) groups is 3. The van der Waals surface area contributed by atoms with Crippen molar-refractivity contribution in [2.24, 2.45) is 0 Å². The number of alkyl carbamates (subject to hydrolysis) is 1. The highest BCUT2D eigenvalue weighted by atomic mass is 19.4. The molecule has 10 heteroatoms. The lowest BCUT2D eigenvalue weighted by Gasteiger charge is -2.23. The maximum absolute atomic E-state index is 12.9. The van der Waals surface area contributed by atoms with Crippen LogP contribution >= 0.6 is 0 Å². The van der Waals surface area contributed by atoms with Crippen LogP contribution in [-0.2, 0) is 31.7 Å². The summed E-state index contributed by atoms with van der Waals surface area (Å²) in [5.41, 5.74) is -1.35. The molecule has 0 aliphatic heterocycles. The molecule has 30 heavy (non-hydrogen) atoms. The Bertz CT molecular complexity index is 760. The Morgan fingerprint density at radius 1 is 1.10 bits per heavy atom. The second-order valence-electron chi connectivity index (χ2n) is 7.69. The van der Waals surface area contributed by atoms with E-state index in [2.05, 4.69) is 10.6 Å². The smallest absolute Gasteiger partial charge is 0.416 e. The van der Waals surface area contributed by atoms with Crippen molar-refractivity contribution in [2.75, 3.05) is 7.05 Å². The summed E-state index contributed by atoms with van der Waals surface area (Å²) in [4.78, 5) is 36.3. The molecule has 0 saturated carbocycles. The second-order valence-corrected chi connectivity index (χ2v) is 7.69. The van der Waals surface area contributed by atoms with E-state index in [-0.39, 0.29) is 12.8 Å². The van der Waals surface area contributed by atoms with Crippen LogP contribution in [-0.4, -0.2) is 42.8 Å².